The summed E-state index contributed by atoms with van der Waals surface area (Å²) in [7, 11) is 1.70. The van der Waals surface area contributed by atoms with Crippen LogP contribution in [0, 0.1) is 0 Å². The fraction of sp³-hybridized carbons (Fsp3) is 0.500. The van der Waals surface area contributed by atoms with Crippen molar-refractivity contribution in [1.29, 1.82) is 0 Å². The van der Waals surface area contributed by atoms with Crippen LogP contribution in [-0.4, -0.2) is 47.5 Å². The van der Waals surface area contributed by atoms with Gasteiger partial charge in [-0.3, -0.25) is 9.58 Å². The van der Waals surface area contributed by atoms with E-state index >= 15 is 0 Å². The Morgan fingerprint density at radius 3 is 2.61 bits per heavy atom. The van der Waals surface area contributed by atoms with Crippen LogP contribution in [0.5, 0.6) is 5.75 Å². The van der Waals surface area contributed by atoms with Gasteiger partial charge in [-0.2, -0.15) is 5.10 Å². The SMILES string of the molecule is CCn1cc(CN2CCN(c3ccc(OC)cc3)C[C@H]2C)cn1. The predicted octanol–water partition coefficient (Wildman–Crippen LogP) is 2.62. The zero-order valence-corrected chi connectivity index (χ0v) is 14.3. The molecule has 0 unspecified atom stereocenters. The fourth-order valence-corrected chi connectivity index (χ4v) is 3.15. The Hall–Kier alpha value is -2.01. The van der Waals surface area contributed by atoms with Crippen LogP contribution < -0.4 is 9.64 Å². The van der Waals surface area contributed by atoms with Crippen LogP contribution in [-0.2, 0) is 13.1 Å². The van der Waals surface area contributed by atoms with Crippen LogP contribution in [0.1, 0.15) is 19.4 Å². The molecule has 1 saturated heterocycles. The van der Waals surface area contributed by atoms with Crippen molar-refractivity contribution in [2.75, 3.05) is 31.6 Å². The average molecular weight is 314 g/mol. The molecule has 2 heterocycles. The fourth-order valence-electron chi connectivity index (χ4n) is 3.15. The van der Waals surface area contributed by atoms with Crippen molar-refractivity contribution in [3.63, 3.8) is 0 Å². The van der Waals surface area contributed by atoms with E-state index in [-0.39, 0.29) is 0 Å². The molecule has 1 aliphatic heterocycles. The Morgan fingerprint density at radius 2 is 2.00 bits per heavy atom. The number of benzene rings is 1. The largest absolute Gasteiger partial charge is 0.497 e. The molecule has 5 nitrogen and oxygen atoms in total. The number of rotatable bonds is 5. The average Bonchev–Trinajstić information content (AvgIpc) is 3.04. The number of ether oxygens (including phenoxy) is 1. The van der Waals surface area contributed by atoms with Crippen molar-refractivity contribution in [1.82, 2.24) is 14.7 Å². The maximum atomic E-state index is 5.24. The van der Waals surface area contributed by atoms with Gasteiger partial charge in [-0.25, -0.2) is 0 Å². The second-order valence-corrected chi connectivity index (χ2v) is 6.17. The van der Waals surface area contributed by atoms with Crippen LogP contribution in [0.25, 0.3) is 0 Å². The smallest absolute Gasteiger partial charge is 0.119 e. The molecule has 1 atom stereocenters. The number of hydrogen-bond acceptors (Lipinski definition) is 4. The van der Waals surface area contributed by atoms with Crippen LogP contribution in [0.3, 0.4) is 0 Å². The molecule has 0 spiro atoms. The molecule has 0 bridgehead atoms. The van der Waals surface area contributed by atoms with Gasteiger partial charge in [0.2, 0.25) is 0 Å². The zero-order chi connectivity index (χ0) is 16.2. The van der Waals surface area contributed by atoms with Gasteiger partial charge in [-0.1, -0.05) is 0 Å². The van der Waals surface area contributed by atoms with Crippen LogP contribution in [0.2, 0.25) is 0 Å². The molecule has 3 rings (SSSR count). The molecule has 1 aromatic carbocycles. The van der Waals surface area contributed by atoms with Gasteiger partial charge in [0.1, 0.15) is 5.75 Å². The summed E-state index contributed by atoms with van der Waals surface area (Å²) in [4.78, 5) is 4.99. The Bertz CT molecular complexity index is 622. The highest BCUT2D eigenvalue weighted by atomic mass is 16.5. The van der Waals surface area contributed by atoms with Gasteiger partial charge in [0.15, 0.2) is 0 Å². The summed E-state index contributed by atoms with van der Waals surface area (Å²) in [6.07, 6.45) is 4.15. The lowest BCUT2D eigenvalue weighted by Gasteiger charge is -2.41. The summed E-state index contributed by atoms with van der Waals surface area (Å²) in [6, 6.07) is 8.88. The summed E-state index contributed by atoms with van der Waals surface area (Å²) in [6.45, 7) is 9.52. The van der Waals surface area contributed by atoms with Crippen molar-refractivity contribution in [3.05, 3.63) is 42.2 Å². The second-order valence-electron chi connectivity index (χ2n) is 6.17. The number of aryl methyl sites for hydroxylation is 1. The predicted molar refractivity (Wildman–Crippen MR) is 93.0 cm³/mol. The topological polar surface area (TPSA) is 33.5 Å². The number of hydrogen-bond donors (Lipinski definition) is 0. The van der Waals surface area contributed by atoms with Crippen molar-refractivity contribution >= 4 is 5.69 Å². The maximum Gasteiger partial charge on any atom is 0.119 e. The van der Waals surface area contributed by atoms with E-state index in [2.05, 4.69) is 47.1 Å². The van der Waals surface area contributed by atoms with E-state index in [9.17, 15) is 0 Å². The number of aromatic nitrogens is 2. The lowest BCUT2D eigenvalue weighted by molar-refractivity contribution is 0.181. The summed E-state index contributed by atoms with van der Waals surface area (Å²) >= 11 is 0. The van der Waals surface area contributed by atoms with Gasteiger partial charge in [0.05, 0.1) is 13.3 Å². The minimum absolute atomic E-state index is 0.524. The molecular weight excluding hydrogens is 288 g/mol. The molecule has 1 fully saturated rings. The molecule has 0 aliphatic carbocycles. The van der Waals surface area contributed by atoms with Crippen molar-refractivity contribution in [2.24, 2.45) is 0 Å². The molecule has 23 heavy (non-hydrogen) atoms. The first-order valence-electron chi connectivity index (χ1n) is 8.34. The monoisotopic (exact) mass is 314 g/mol. The third kappa shape index (κ3) is 3.67. The van der Waals surface area contributed by atoms with E-state index in [1.54, 1.807) is 7.11 Å². The third-order valence-electron chi connectivity index (χ3n) is 4.60. The molecule has 5 heteroatoms. The van der Waals surface area contributed by atoms with E-state index in [0.29, 0.717) is 6.04 Å². The quantitative estimate of drug-likeness (QED) is 0.849. The Morgan fingerprint density at radius 1 is 1.22 bits per heavy atom. The van der Waals surface area contributed by atoms with Crippen molar-refractivity contribution in [2.45, 2.75) is 33.0 Å². The highest BCUT2D eigenvalue weighted by Gasteiger charge is 2.24. The third-order valence-corrected chi connectivity index (χ3v) is 4.60. The van der Waals surface area contributed by atoms with Gasteiger partial charge < -0.3 is 9.64 Å². The minimum Gasteiger partial charge on any atom is -0.497 e. The number of nitrogens with zero attached hydrogens (tertiary/aromatic N) is 4. The molecule has 1 aliphatic rings. The summed E-state index contributed by atoms with van der Waals surface area (Å²) < 4.78 is 7.23. The minimum atomic E-state index is 0.524. The Balaban J connectivity index is 1.60. The number of anilines is 1. The van der Waals surface area contributed by atoms with Crippen LogP contribution >= 0.6 is 0 Å². The first kappa shape index (κ1) is 15.9. The van der Waals surface area contributed by atoms with Crippen LogP contribution in [0.15, 0.2) is 36.7 Å². The molecule has 124 valence electrons. The van der Waals surface area contributed by atoms with Crippen molar-refractivity contribution in [3.8, 4) is 5.75 Å². The molecule has 0 N–H and O–H groups in total. The normalized spacial score (nSPS) is 19.1. The molecule has 0 saturated carbocycles. The zero-order valence-electron chi connectivity index (χ0n) is 14.3. The Labute approximate surface area is 138 Å². The number of methoxy groups -OCH3 is 1. The second kappa shape index (κ2) is 7.04. The van der Waals surface area contributed by atoms with E-state index in [4.69, 9.17) is 4.74 Å². The summed E-state index contributed by atoms with van der Waals surface area (Å²) in [5.74, 6) is 0.911. The highest BCUT2D eigenvalue weighted by molar-refractivity contribution is 5.49. The van der Waals surface area contributed by atoms with E-state index in [1.165, 1.54) is 11.3 Å². The van der Waals surface area contributed by atoms with Gasteiger partial charge in [0.25, 0.3) is 0 Å². The van der Waals surface area contributed by atoms with Gasteiger partial charge in [-0.05, 0) is 38.1 Å². The van der Waals surface area contributed by atoms with Gasteiger partial charge >= 0.3 is 0 Å². The maximum absolute atomic E-state index is 5.24. The standard InChI is InChI=1S/C18H26N4O/c1-4-22-14-16(11-19-22)13-20-9-10-21(12-15(20)2)17-5-7-18(23-3)8-6-17/h5-8,11,14-15H,4,9-10,12-13H2,1-3H3/t15-/m1/s1. The first-order valence-corrected chi connectivity index (χ1v) is 8.34. The van der Waals surface area contributed by atoms with Crippen LogP contribution in [0.4, 0.5) is 5.69 Å². The highest BCUT2D eigenvalue weighted by Crippen LogP contribution is 2.23. The van der Waals surface area contributed by atoms with Crippen molar-refractivity contribution < 1.29 is 4.74 Å². The lowest BCUT2D eigenvalue weighted by atomic mass is 10.1. The molecular formula is C18H26N4O. The van der Waals surface area contributed by atoms with E-state index in [1.807, 2.05) is 23.0 Å². The molecule has 1 aromatic heterocycles. The molecule has 0 radical (unpaired) electrons. The molecule has 0 amide bonds. The van der Waals surface area contributed by atoms with Gasteiger partial charge in [-0.15, -0.1) is 0 Å². The van der Waals surface area contributed by atoms with E-state index in [0.717, 1.165) is 38.5 Å². The molecule has 2 aromatic rings. The summed E-state index contributed by atoms with van der Waals surface area (Å²) in [5.41, 5.74) is 2.58. The Kier molecular flexibility index (Phi) is 4.86. The first-order chi connectivity index (χ1) is 11.2. The van der Waals surface area contributed by atoms with E-state index < -0.39 is 0 Å². The summed E-state index contributed by atoms with van der Waals surface area (Å²) in [5, 5.41) is 4.37. The number of piperazine rings is 1. The lowest BCUT2D eigenvalue weighted by Crippen LogP contribution is -2.51. The van der Waals surface area contributed by atoms with Gasteiger partial charge in [0, 0.05) is 56.2 Å².